The topological polar surface area (TPSA) is 84.9 Å². The van der Waals surface area contributed by atoms with Crippen LogP contribution in [-0.2, 0) is 16.6 Å². The van der Waals surface area contributed by atoms with Crippen LogP contribution >= 0.6 is 0 Å². The number of halogens is 1. The Hall–Kier alpha value is -2.65. The third kappa shape index (κ3) is 6.07. The fourth-order valence-corrected chi connectivity index (χ4v) is 4.88. The van der Waals surface area contributed by atoms with Gasteiger partial charge in [-0.3, -0.25) is 9.69 Å². The zero-order valence-electron chi connectivity index (χ0n) is 19.8. The molecule has 1 saturated heterocycles. The molecule has 2 aliphatic rings. The van der Waals surface area contributed by atoms with Crippen molar-refractivity contribution in [3.63, 3.8) is 0 Å². The first-order valence-corrected chi connectivity index (χ1v) is 13.4. The van der Waals surface area contributed by atoms with Crippen molar-refractivity contribution in [2.75, 3.05) is 26.5 Å². The largest absolute Gasteiger partial charge is 0.497 e. The third-order valence-electron chi connectivity index (χ3n) is 6.34. The summed E-state index contributed by atoms with van der Waals surface area (Å²) in [7, 11) is -2.13. The Balaban J connectivity index is 1.48. The molecular formula is C25H31FN2O5S. The van der Waals surface area contributed by atoms with E-state index in [1.54, 1.807) is 7.11 Å². The fourth-order valence-electron chi connectivity index (χ4n) is 4.43. The van der Waals surface area contributed by atoms with Gasteiger partial charge in [0, 0.05) is 19.2 Å². The molecule has 7 nitrogen and oxygen atoms in total. The molecule has 0 aromatic heterocycles. The first kappa shape index (κ1) is 24.5. The number of piperidine rings is 1. The van der Waals surface area contributed by atoms with Crippen molar-refractivity contribution in [2.24, 2.45) is 0 Å². The van der Waals surface area contributed by atoms with Crippen LogP contribution in [0.4, 0.5) is 4.39 Å². The van der Waals surface area contributed by atoms with E-state index in [1.807, 2.05) is 16.9 Å². The van der Waals surface area contributed by atoms with Gasteiger partial charge < -0.3 is 9.47 Å². The van der Waals surface area contributed by atoms with Gasteiger partial charge in [-0.15, -0.1) is 0 Å². The van der Waals surface area contributed by atoms with Crippen molar-refractivity contribution >= 4 is 15.9 Å². The first-order valence-electron chi connectivity index (χ1n) is 11.5. The number of sulfonamides is 1. The normalized spacial score (nSPS) is 19.0. The number of nitrogens with zero attached hydrogens (tertiary/aromatic N) is 1. The first-order chi connectivity index (χ1) is 16.1. The molecule has 1 unspecified atom stereocenters. The lowest BCUT2D eigenvalue weighted by atomic mass is 10.0. The number of nitrogens with one attached hydrogen (secondary N) is 1. The number of benzene rings is 2. The van der Waals surface area contributed by atoms with E-state index in [0.29, 0.717) is 12.3 Å². The molecule has 0 bridgehead atoms. The summed E-state index contributed by atoms with van der Waals surface area (Å²) < 4.78 is 51.1. The van der Waals surface area contributed by atoms with Crippen molar-refractivity contribution in [1.29, 1.82) is 0 Å². The number of aryl methyl sites for hydroxylation is 1. The van der Waals surface area contributed by atoms with Crippen LogP contribution in [0.25, 0.3) is 0 Å². The zero-order chi connectivity index (χ0) is 24.5. The molecule has 0 radical (unpaired) electrons. The predicted molar refractivity (Wildman–Crippen MR) is 127 cm³/mol. The van der Waals surface area contributed by atoms with Crippen molar-refractivity contribution < 1.29 is 27.1 Å². The molecule has 2 aromatic rings. The number of carbonyl (C=O) groups excluding carboxylic acids is 1. The third-order valence-corrected chi connectivity index (χ3v) is 6.90. The maximum absolute atomic E-state index is 14.8. The van der Waals surface area contributed by atoms with E-state index in [2.05, 4.69) is 17.9 Å². The van der Waals surface area contributed by atoms with E-state index < -0.39 is 21.7 Å². The lowest BCUT2D eigenvalue weighted by Crippen LogP contribution is -2.40. The standard InChI is InChI=1S/C25H31FN2O5S/c1-16-11-19(32-2)9-8-18(16)14-28-10-4-5-20(15-28)33-24-13-23(26)22(12-21(24)17-6-7-17)25(29)27-34(3,30)31/h8-9,11-13,17,20H,4-7,10,14-15H2,1-3H3,(H,27,29). The molecule has 1 aliphatic carbocycles. The molecule has 4 rings (SSSR count). The number of rotatable bonds is 8. The average Bonchev–Trinajstić information content (AvgIpc) is 3.59. The molecule has 34 heavy (non-hydrogen) atoms. The maximum Gasteiger partial charge on any atom is 0.267 e. The van der Waals surface area contributed by atoms with Gasteiger partial charge in [0.05, 0.1) is 18.9 Å². The summed E-state index contributed by atoms with van der Waals surface area (Å²) >= 11 is 0. The molecule has 1 heterocycles. The van der Waals surface area contributed by atoms with Crippen LogP contribution in [0.1, 0.15) is 58.6 Å². The average molecular weight is 491 g/mol. The quantitative estimate of drug-likeness (QED) is 0.607. The van der Waals surface area contributed by atoms with E-state index in [4.69, 9.17) is 9.47 Å². The predicted octanol–water partition coefficient (Wildman–Crippen LogP) is 3.75. The summed E-state index contributed by atoms with van der Waals surface area (Å²) in [6, 6.07) is 8.76. The van der Waals surface area contributed by atoms with Crippen molar-refractivity contribution in [3.8, 4) is 11.5 Å². The van der Waals surface area contributed by atoms with Gasteiger partial charge in [-0.05, 0) is 80.0 Å². The second kappa shape index (κ2) is 9.92. The second-order valence-electron chi connectivity index (χ2n) is 9.26. The summed E-state index contributed by atoms with van der Waals surface area (Å²) in [4.78, 5) is 14.6. The van der Waals surface area contributed by atoms with Crippen LogP contribution in [0, 0.1) is 12.7 Å². The van der Waals surface area contributed by atoms with Gasteiger partial charge in [-0.2, -0.15) is 0 Å². The summed E-state index contributed by atoms with van der Waals surface area (Å²) in [6.45, 7) is 4.54. The number of amides is 1. The highest BCUT2D eigenvalue weighted by Gasteiger charge is 2.31. The molecule has 1 amide bonds. The van der Waals surface area contributed by atoms with E-state index in [-0.39, 0.29) is 17.6 Å². The highest BCUT2D eigenvalue weighted by atomic mass is 32.2. The molecule has 1 N–H and O–H groups in total. The van der Waals surface area contributed by atoms with Gasteiger partial charge in [0.15, 0.2) is 0 Å². The summed E-state index contributed by atoms with van der Waals surface area (Å²) in [6.07, 6.45) is 4.46. The van der Waals surface area contributed by atoms with Crippen LogP contribution in [-0.4, -0.2) is 51.8 Å². The van der Waals surface area contributed by atoms with Crippen LogP contribution in [0.15, 0.2) is 30.3 Å². The number of methoxy groups -OCH3 is 1. The summed E-state index contributed by atoms with van der Waals surface area (Å²) in [5, 5.41) is 0. The Bertz CT molecular complexity index is 1180. The second-order valence-corrected chi connectivity index (χ2v) is 11.0. The Labute approximate surface area is 200 Å². The highest BCUT2D eigenvalue weighted by Crippen LogP contribution is 2.45. The minimum Gasteiger partial charge on any atom is -0.497 e. The zero-order valence-corrected chi connectivity index (χ0v) is 20.6. The van der Waals surface area contributed by atoms with E-state index in [0.717, 1.165) is 56.3 Å². The van der Waals surface area contributed by atoms with E-state index in [1.165, 1.54) is 23.3 Å². The van der Waals surface area contributed by atoms with Crippen LogP contribution in [0.2, 0.25) is 0 Å². The lowest BCUT2D eigenvalue weighted by molar-refractivity contribution is 0.0831. The molecule has 2 fully saturated rings. The number of ether oxygens (including phenoxy) is 2. The highest BCUT2D eigenvalue weighted by molar-refractivity contribution is 7.89. The molecule has 1 aliphatic heterocycles. The summed E-state index contributed by atoms with van der Waals surface area (Å²) in [5.41, 5.74) is 2.89. The minimum atomic E-state index is -3.79. The monoisotopic (exact) mass is 490 g/mol. The van der Waals surface area contributed by atoms with Gasteiger partial charge in [0.25, 0.3) is 5.91 Å². The van der Waals surface area contributed by atoms with Gasteiger partial charge in [-0.1, -0.05) is 6.07 Å². The van der Waals surface area contributed by atoms with Crippen molar-refractivity contribution in [3.05, 3.63) is 58.4 Å². The molecule has 184 valence electrons. The van der Waals surface area contributed by atoms with Crippen LogP contribution in [0.3, 0.4) is 0 Å². The molecule has 0 spiro atoms. The number of likely N-dealkylation sites (tertiary alicyclic amines) is 1. The maximum atomic E-state index is 14.8. The number of carbonyl (C=O) groups is 1. The van der Waals surface area contributed by atoms with E-state index >= 15 is 0 Å². The van der Waals surface area contributed by atoms with Gasteiger partial charge in [-0.25, -0.2) is 17.5 Å². The van der Waals surface area contributed by atoms with Gasteiger partial charge >= 0.3 is 0 Å². The van der Waals surface area contributed by atoms with Gasteiger partial charge in [0.1, 0.15) is 23.4 Å². The Morgan fingerprint density at radius 2 is 1.97 bits per heavy atom. The molecule has 1 atom stereocenters. The number of hydrogen-bond acceptors (Lipinski definition) is 6. The molecule has 1 saturated carbocycles. The van der Waals surface area contributed by atoms with Crippen LogP contribution < -0.4 is 14.2 Å². The van der Waals surface area contributed by atoms with Crippen molar-refractivity contribution in [2.45, 2.75) is 51.2 Å². The van der Waals surface area contributed by atoms with Gasteiger partial charge in [0.2, 0.25) is 10.0 Å². The minimum absolute atomic E-state index is 0.0973. The Morgan fingerprint density at radius 3 is 2.62 bits per heavy atom. The van der Waals surface area contributed by atoms with Crippen LogP contribution in [0.5, 0.6) is 11.5 Å². The summed E-state index contributed by atoms with van der Waals surface area (Å²) in [5.74, 6) is -0.274. The Kier molecular flexibility index (Phi) is 7.14. The Morgan fingerprint density at radius 1 is 1.21 bits per heavy atom. The molecule has 2 aromatic carbocycles. The lowest BCUT2D eigenvalue weighted by Gasteiger charge is -2.33. The van der Waals surface area contributed by atoms with E-state index in [9.17, 15) is 17.6 Å². The molecule has 9 heteroatoms. The molecular weight excluding hydrogens is 459 g/mol. The number of hydrogen-bond donors (Lipinski definition) is 1. The van der Waals surface area contributed by atoms with Crippen molar-refractivity contribution in [1.82, 2.24) is 9.62 Å². The fraction of sp³-hybridized carbons (Fsp3) is 0.480. The SMILES string of the molecule is COc1ccc(CN2CCCC(Oc3cc(F)c(C(=O)NS(C)(=O)=O)cc3C3CC3)C2)c(C)c1. The smallest absolute Gasteiger partial charge is 0.267 e.